The summed E-state index contributed by atoms with van der Waals surface area (Å²) in [7, 11) is 0. The van der Waals surface area contributed by atoms with Crippen LogP contribution in [0.1, 0.15) is 194 Å². The maximum absolute atomic E-state index is 12.6. The molecule has 0 bridgehead atoms. The summed E-state index contributed by atoms with van der Waals surface area (Å²) in [6.45, 7) is 6.33. The average Bonchev–Trinajstić information content (AvgIpc) is 3.22. The lowest BCUT2D eigenvalue weighted by atomic mass is 10.1. The molecule has 0 aromatic rings. The van der Waals surface area contributed by atoms with Crippen molar-refractivity contribution in [1.29, 1.82) is 0 Å². The molecule has 0 aliphatic rings. The molecule has 0 aromatic carbocycles. The van der Waals surface area contributed by atoms with Crippen LogP contribution in [0.25, 0.3) is 0 Å². The molecule has 0 fully saturated rings. The summed E-state index contributed by atoms with van der Waals surface area (Å²) >= 11 is 0. The third-order valence-electron chi connectivity index (χ3n) is 9.30. The predicted molar refractivity (Wildman–Crippen MR) is 247 cm³/mol. The van der Waals surface area contributed by atoms with Gasteiger partial charge in [-0.1, -0.05) is 182 Å². The number of rotatable bonds is 40. The fourth-order valence-corrected chi connectivity index (χ4v) is 5.84. The van der Waals surface area contributed by atoms with E-state index in [9.17, 15) is 14.4 Å². The Bertz CT molecular complexity index is 1200. The third-order valence-corrected chi connectivity index (χ3v) is 9.30. The van der Waals surface area contributed by atoms with E-state index in [-0.39, 0.29) is 37.5 Å². The molecule has 0 saturated carbocycles. The van der Waals surface area contributed by atoms with Crippen molar-refractivity contribution in [2.75, 3.05) is 13.2 Å². The first-order valence-electron chi connectivity index (χ1n) is 23.2. The first kappa shape index (κ1) is 54.3. The molecule has 0 N–H and O–H groups in total. The minimum Gasteiger partial charge on any atom is -0.462 e. The first-order valence-corrected chi connectivity index (χ1v) is 23.2. The number of hydrogen-bond donors (Lipinski definition) is 0. The topological polar surface area (TPSA) is 78.9 Å². The lowest BCUT2D eigenvalue weighted by Gasteiger charge is -2.18. The van der Waals surface area contributed by atoms with Crippen molar-refractivity contribution >= 4 is 17.9 Å². The standard InChI is InChI=1S/C52H84O6/c1-4-7-10-13-16-18-20-21-22-23-24-25-26-27-28-29-30-31-32-34-36-39-42-45-51(54)57-48-49(47-56-50(53)44-41-38-35-15-12-9-6-3)58-52(55)46-43-40-37-33-19-17-14-11-8-5-2/h7,10-11,14,16,18,21-22,24-25,27-28,30-31,34,36,49H,4-6,8-9,12-13,15,17,19-20,23,26,29,32-33,35,37-48H2,1-3H3/b10-7-,14-11-,18-16-,22-21-,25-24-,28-27-,31-30-,36-34-. The zero-order valence-electron chi connectivity index (χ0n) is 37.3. The Morgan fingerprint density at radius 2 is 0.724 bits per heavy atom. The van der Waals surface area contributed by atoms with Crippen molar-refractivity contribution < 1.29 is 28.6 Å². The summed E-state index contributed by atoms with van der Waals surface area (Å²) in [5.74, 6) is -0.990. The van der Waals surface area contributed by atoms with Crippen LogP contribution in [0, 0.1) is 0 Å². The van der Waals surface area contributed by atoms with Crippen LogP contribution in [0.2, 0.25) is 0 Å². The fourth-order valence-electron chi connectivity index (χ4n) is 5.84. The molecular formula is C52H84O6. The maximum Gasteiger partial charge on any atom is 0.306 e. The van der Waals surface area contributed by atoms with E-state index in [1.165, 1.54) is 38.5 Å². The van der Waals surface area contributed by atoms with Crippen molar-refractivity contribution in [3.05, 3.63) is 97.2 Å². The third kappa shape index (κ3) is 43.5. The quantitative estimate of drug-likeness (QED) is 0.0266. The molecule has 58 heavy (non-hydrogen) atoms. The Morgan fingerprint density at radius 3 is 1.21 bits per heavy atom. The van der Waals surface area contributed by atoms with Crippen LogP contribution in [0.4, 0.5) is 0 Å². The van der Waals surface area contributed by atoms with Gasteiger partial charge in [0.15, 0.2) is 6.10 Å². The highest BCUT2D eigenvalue weighted by Crippen LogP contribution is 2.12. The van der Waals surface area contributed by atoms with Crippen LogP contribution < -0.4 is 0 Å². The van der Waals surface area contributed by atoms with Crippen molar-refractivity contribution in [2.24, 2.45) is 0 Å². The Morgan fingerprint density at radius 1 is 0.362 bits per heavy atom. The maximum atomic E-state index is 12.6. The van der Waals surface area contributed by atoms with Gasteiger partial charge in [0.05, 0.1) is 0 Å². The molecule has 6 nitrogen and oxygen atoms in total. The molecule has 1 unspecified atom stereocenters. The predicted octanol–water partition coefficient (Wildman–Crippen LogP) is 15.0. The van der Waals surface area contributed by atoms with Gasteiger partial charge >= 0.3 is 17.9 Å². The van der Waals surface area contributed by atoms with Gasteiger partial charge in [0, 0.05) is 19.3 Å². The number of allylic oxidation sites excluding steroid dienone is 16. The van der Waals surface area contributed by atoms with Gasteiger partial charge in [-0.15, -0.1) is 0 Å². The summed E-state index contributed by atoms with van der Waals surface area (Å²) in [6.07, 6.45) is 59.9. The molecule has 328 valence electrons. The number of carbonyl (C=O) groups is 3. The van der Waals surface area contributed by atoms with E-state index in [1.807, 2.05) is 0 Å². The van der Waals surface area contributed by atoms with Gasteiger partial charge in [0.2, 0.25) is 0 Å². The van der Waals surface area contributed by atoms with Crippen LogP contribution in [0.5, 0.6) is 0 Å². The molecule has 0 heterocycles. The molecule has 0 aromatic heterocycles. The zero-order chi connectivity index (χ0) is 42.3. The van der Waals surface area contributed by atoms with Crippen LogP contribution in [-0.4, -0.2) is 37.2 Å². The monoisotopic (exact) mass is 805 g/mol. The second-order valence-corrected chi connectivity index (χ2v) is 14.9. The highest BCUT2D eigenvalue weighted by Gasteiger charge is 2.19. The van der Waals surface area contributed by atoms with Crippen LogP contribution in [-0.2, 0) is 28.6 Å². The minimum absolute atomic E-state index is 0.1000. The van der Waals surface area contributed by atoms with Crippen LogP contribution in [0.15, 0.2) is 97.2 Å². The largest absolute Gasteiger partial charge is 0.462 e. The second kappa shape index (κ2) is 46.0. The smallest absolute Gasteiger partial charge is 0.306 e. The normalized spacial score (nSPS) is 12.9. The van der Waals surface area contributed by atoms with Crippen molar-refractivity contribution in [2.45, 2.75) is 200 Å². The second-order valence-electron chi connectivity index (χ2n) is 14.9. The Kier molecular flexibility index (Phi) is 43.1. The van der Waals surface area contributed by atoms with Crippen LogP contribution in [0.3, 0.4) is 0 Å². The highest BCUT2D eigenvalue weighted by molar-refractivity contribution is 5.71. The Balaban J connectivity index is 4.36. The molecule has 6 heteroatoms. The number of ether oxygens (including phenoxy) is 3. The van der Waals surface area contributed by atoms with E-state index >= 15 is 0 Å². The molecule has 0 spiro atoms. The number of carbonyl (C=O) groups excluding carboxylic acids is 3. The Hall–Kier alpha value is -3.67. The summed E-state index contributed by atoms with van der Waals surface area (Å²) in [5, 5.41) is 0. The van der Waals surface area contributed by atoms with Crippen molar-refractivity contribution in [3.8, 4) is 0 Å². The van der Waals surface area contributed by atoms with E-state index in [0.29, 0.717) is 19.3 Å². The van der Waals surface area contributed by atoms with Gasteiger partial charge in [-0.05, 0) is 89.9 Å². The molecule has 0 aliphatic carbocycles. The number of hydrogen-bond acceptors (Lipinski definition) is 6. The average molecular weight is 805 g/mol. The molecule has 1 atom stereocenters. The van der Waals surface area contributed by atoms with E-state index in [4.69, 9.17) is 14.2 Å². The Labute approximate surface area is 356 Å². The first-order chi connectivity index (χ1) is 28.5. The van der Waals surface area contributed by atoms with Gasteiger partial charge in [0.1, 0.15) is 13.2 Å². The van der Waals surface area contributed by atoms with E-state index in [0.717, 1.165) is 109 Å². The lowest BCUT2D eigenvalue weighted by Crippen LogP contribution is -2.30. The molecular weight excluding hydrogens is 721 g/mol. The summed E-state index contributed by atoms with van der Waals surface area (Å²) in [5.41, 5.74) is 0. The van der Waals surface area contributed by atoms with Gasteiger partial charge in [-0.3, -0.25) is 14.4 Å². The minimum atomic E-state index is -0.800. The summed E-state index contributed by atoms with van der Waals surface area (Å²) < 4.78 is 16.6. The summed E-state index contributed by atoms with van der Waals surface area (Å²) in [6, 6.07) is 0. The van der Waals surface area contributed by atoms with Crippen LogP contribution >= 0.6 is 0 Å². The number of esters is 3. The van der Waals surface area contributed by atoms with Gasteiger partial charge < -0.3 is 14.2 Å². The molecule has 0 amide bonds. The van der Waals surface area contributed by atoms with E-state index in [2.05, 4.69) is 118 Å². The van der Waals surface area contributed by atoms with E-state index in [1.54, 1.807) is 0 Å². The van der Waals surface area contributed by atoms with Crippen molar-refractivity contribution in [1.82, 2.24) is 0 Å². The fraction of sp³-hybridized carbons (Fsp3) is 0.635. The zero-order valence-corrected chi connectivity index (χ0v) is 37.3. The number of unbranched alkanes of at least 4 members (excludes halogenated alkanes) is 13. The van der Waals surface area contributed by atoms with Gasteiger partial charge in [0.25, 0.3) is 0 Å². The molecule has 0 radical (unpaired) electrons. The SMILES string of the molecule is CC/C=C\C/C=C\C/C=C\C/C=C\C/C=C\C/C=C\C/C=C\CCCC(=O)OCC(COC(=O)CCCCCCCCC)OC(=O)CCCCCCC/C=C\CCC. The van der Waals surface area contributed by atoms with Gasteiger partial charge in [-0.25, -0.2) is 0 Å². The molecule has 0 saturated heterocycles. The molecule has 0 rings (SSSR count). The molecule has 0 aliphatic heterocycles. The van der Waals surface area contributed by atoms with Gasteiger partial charge in [-0.2, -0.15) is 0 Å². The van der Waals surface area contributed by atoms with E-state index < -0.39 is 6.10 Å². The lowest BCUT2D eigenvalue weighted by molar-refractivity contribution is -0.167. The highest BCUT2D eigenvalue weighted by atomic mass is 16.6. The van der Waals surface area contributed by atoms with Crippen molar-refractivity contribution in [3.63, 3.8) is 0 Å². The summed E-state index contributed by atoms with van der Waals surface area (Å²) in [4.78, 5) is 37.6.